The predicted molar refractivity (Wildman–Crippen MR) is 81.8 cm³/mol. The maximum Gasteiger partial charge on any atom is 0.254 e. The molecule has 1 aromatic heterocycles. The van der Waals surface area contributed by atoms with Crippen LogP contribution in [0.25, 0.3) is 0 Å². The third-order valence-electron chi connectivity index (χ3n) is 3.82. The Labute approximate surface area is 133 Å². The summed E-state index contributed by atoms with van der Waals surface area (Å²) in [5, 5.41) is 8.49. The Hall–Kier alpha value is -1.92. The number of hydrogen-bond acceptors (Lipinski definition) is 4. The van der Waals surface area contributed by atoms with Crippen molar-refractivity contribution in [2.75, 3.05) is 19.7 Å². The van der Waals surface area contributed by atoms with Crippen LogP contribution in [0.1, 0.15) is 27.8 Å². The zero-order valence-corrected chi connectivity index (χ0v) is 13.2. The standard InChI is InChI=1S/C15H17ClN4O2/c1-10-3-4-11(16)7-12(10)15(21)20-5-6-22-13(8-20)14-18-17-9-19(14)2/h3-4,7,9,13H,5-6,8H2,1-2H3/t13-/m0/s1. The number of carbonyl (C=O) groups is 1. The molecule has 1 saturated heterocycles. The predicted octanol–water partition coefficient (Wildman–Crippen LogP) is 1.99. The van der Waals surface area contributed by atoms with Crippen LogP contribution in [-0.4, -0.2) is 45.3 Å². The van der Waals surface area contributed by atoms with Crippen LogP contribution in [0, 0.1) is 6.92 Å². The molecule has 0 spiro atoms. The third kappa shape index (κ3) is 2.84. The average molecular weight is 321 g/mol. The van der Waals surface area contributed by atoms with E-state index in [9.17, 15) is 4.79 Å². The van der Waals surface area contributed by atoms with E-state index >= 15 is 0 Å². The van der Waals surface area contributed by atoms with Gasteiger partial charge >= 0.3 is 0 Å². The summed E-state index contributed by atoms with van der Waals surface area (Å²) in [5.41, 5.74) is 1.54. The summed E-state index contributed by atoms with van der Waals surface area (Å²) >= 11 is 6.01. The quantitative estimate of drug-likeness (QED) is 0.849. The van der Waals surface area contributed by atoms with Gasteiger partial charge in [0.1, 0.15) is 12.4 Å². The van der Waals surface area contributed by atoms with Gasteiger partial charge in [0.2, 0.25) is 0 Å². The lowest BCUT2D eigenvalue weighted by molar-refractivity contribution is -0.0281. The lowest BCUT2D eigenvalue weighted by Crippen LogP contribution is -2.43. The third-order valence-corrected chi connectivity index (χ3v) is 4.05. The van der Waals surface area contributed by atoms with Crippen molar-refractivity contribution in [3.05, 3.63) is 46.5 Å². The summed E-state index contributed by atoms with van der Waals surface area (Å²) in [7, 11) is 1.86. The van der Waals surface area contributed by atoms with Crippen molar-refractivity contribution < 1.29 is 9.53 Å². The van der Waals surface area contributed by atoms with Gasteiger partial charge in [0.15, 0.2) is 5.82 Å². The van der Waals surface area contributed by atoms with Crippen LogP contribution < -0.4 is 0 Å². The normalized spacial score (nSPS) is 18.5. The van der Waals surface area contributed by atoms with Crippen molar-refractivity contribution in [3.8, 4) is 0 Å². The van der Waals surface area contributed by atoms with Crippen molar-refractivity contribution in [2.24, 2.45) is 7.05 Å². The summed E-state index contributed by atoms with van der Waals surface area (Å²) in [6.07, 6.45) is 1.37. The van der Waals surface area contributed by atoms with Gasteiger partial charge in [-0.15, -0.1) is 10.2 Å². The smallest absolute Gasteiger partial charge is 0.254 e. The molecule has 3 rings (SSSR count). The zero-order valence-electron chi connectivity index (χ0n) is 12.5. The maximum atomic E-state index is 12.7. The van der Waals surface area contributed by atoms with Gasteiger partial charge in [0.05, 0.1) is 13.2 Å². The molecule has 22 heavy (non-hydrogen) atoms. The van der Waals surface area contributed by atoms with Gasteiger partial charge < -0.3 is 14.2 Å². The fourth-order valence-corrected chi connectivity index (χ4v) is 2.74. The molecule has 1 aliphatic heterocycles. The molecule has 116 valence electrons. The molecular formula is C15H17ClN4O2. The number of rotatable bonds is 2. The Morgan fingerprint density at radius 3 is 3.00 bits per heavy atom. The van der Waals surface area contributed by atoms with Crippen LogP contribution in [-0.2, 0) is 11.8 Å². The Balaban J connectivity index is 1.81. The molecule has 2 aromatic rings. The molecular weight excluding hydrogens is 304 g/mol. The van der Waals surface area contributed by atoms with Gasteiger partial charge in [-0.1, -0.05) is 17.7 Å². The summed E-state index contributed by atoms with van der Waals surface area (Å²) in [6, 6.07) is 5.36. The minimum Gasteiger partial charge on any atom is -0.366 e. The topological polar surface area (TPSA) is 60.3 Å². The Bertz CT molecular complexity index is 701. The van der Waals surface area contributed by atoms with E-state index < -0.39 is 0 Å². The Morgan fingerprint density at radius 1 is 1.45 bits per heavy atom. The van der Waals surface area contributed by atoms with Gasteiger partial charge in [-0.2, -0.15) is 0 Å². The lowest BCUT2D eigenvalue weighted by atomic mass is 10.1. The molecule has 0 unspecified atom stereocenters. The molecule has 2 heterocycles. The summed E-state index contributed by atoms with van der Waals surface area (Å²) < 4.78 is 7.54. The summed E-state index contributed by atoms with van der Waals surface area (Å²) in [6.45, 7) is 3.39. The van der Waals surface area contributed by atoms with E-state index in [0.29, 0.717) is 30.3 Å². The van der Waals surface area contributed by atoms with Crippen LogP contribution in [0.5, 0.6) is 0 Å². The summed E-state index contributed by atoms with van der Waals surface area (Å²) in [5.74, 6) is 0.691. The number of aryl methyl sites for hydroxylation is 2. The molecule has 1 atom stereocenters. The van der Waals surface area contributed by atoms with Crippen LogP contribution in [0.2, 0.25) is 5.02 Å². The molecule has 6 nitrogen and oxygen atoms in total. The van der Waals surface area contributed by atoms with Crippen molar-refractivity contribution in [2.45, 2.75) is 13.0 Å². The molecule has 1 amide bonds. The van der Waals surface area contributed by atoms with Gasteiger partial charge in [-0.25, -0.2) is 0 Å². The number of carbonyl (C=O) groups excluding carboxylic acids is 1. The highest BCUT2D eigenvalue weighted by Gasteiger charge is 2.29. The van der Waals surface area contributed by atoms with Gasteiger partial charge in [-0.3, -0.25) is 4.79 Å². The number of ether oxygens (including phenoxy) is 1. The van der Waals surface area contributed by atoms with Crippen molar-refractivity contribution in [1.29, 1.82) is 0 Å². The fraction of sp³-hybridized carbons (Fsp3) is 0.400. The highest BCUT2D eigenvalue weighted by atomic mass is 35.5. The van der Waals surface area contributed by atoms with Gasteiger partial charge in [0, 0.05) is 24.2 Å². The molecule has 0 radical (unpaired) electrons. The van der Waals surface area contributed by atoms with E-state index in [1.165, 1.54) is 0 Å². The second kappa shape index (κ2) is 6.06. The monoisotopic (exact) mass is 320 g/mol. The van der Waals surface area contributed by atoms with E-state index in [-0.39, 0.29) is 12.0 Å². The van der Waals surface area contributed by atoms with Crippen LogP contribution in [0.4, 0.5) is 0 Å². The molecule has 1 aromatic carbocycles. The Morgan fingerprint density at radius 2 is 2.27 bits per heavy atom. The number of benzene rings is 1. The molecule has 1 aliphatic rings. The van der Waals surface area contributed by atoms with Gasteiger partial charge in [0.25, 0.3) is 5.91 Å². The average Bonchev–Trinajstić information content (AvgIpc) is 2.95. The number of hydrogen-bond donors (Lipinski definition) is 0. The van der Waals surface area contributed by atoms with Crippen molar-refractivity contribution >= 4 is 17.5 Å². The van der Waals surface area contributed by atoms with E-state index in [1.807, 2.05) is 24.6 Å². The molecule has 0 N–H and O–H groups in total. The first-order valence-electron chi connectivity index (χ1n) is 7.07. The number of aromatic nitrogens is 3. The first-order chi connectivity index (χ1) is 10.6. The zero-order chi connectivity index (χ0) is 15.7. The maximum absolute atomic E-state index is 12.7. The van der Waals surface area contributed by atoms with Crippen molar-refractivity contribution in [1.82, 2.24) is 19.7 Å². The van der Waals surface area contributed by atoms with Crippen LogP contribution >= 0.6 is 11.6 Å². The number of morpholine rings is 1. The molecule has 7 heteroatoms. The SMILES string of the molecule is Cc1ccc(Cl)cc1C(=O)N1CCO[C@H](c2nncn2C)C1. The molecule has 0 saturated carbocycles. The second-order valence-electron chi connectivity index (χ2n) is 5.37. The van der Waals surface area contributed by atoms with Crippen LogP contribution in [0.3, 0.4) is 0 Å². The van der Waals surface area contributed by atoms with E-state index in [4.69, 9.17) is 16.3 Å². The first-order valence-corrected chi connectivity index (χ1v) is 7.45. The first kappa shape index (κ1) is 15.0. The largest absolute Gasteiger partial charge is 0.366 e. The molecule has 0 aliphatic carbocycles. The van der Waals surface area contributed by atoms with E-state index in [2.05, 4.69) is 10.2 Å². The van der Waals surface area contributed by atoms with Crippen LogP contribution in [0.15, 0.2) is 24.5 Å². The van der Waals surface area contributed by atoms with E-state index in [1.54, 1.807) is 23.4 Å². The summed E-state index contributed by atoms with van der Waals surface area (Å²) in [4.78, 5) is 14.5. The number of halogens is 1. The molecule has 1 fully saturated rings. The van der Waals surface area contributed by atoms with Crippen molar-refractivity contribution in [3.63, 3.8) is 0 Å². The molecule has 0 bridgehead atoms. The van der Waals surface area contributed by atoms with E-state index in [0.717, 1.165) is 11.4 Å². The number of nitrogens with zero attached hydrogens (tertiary/aromatic N) is 4. The fourth-order valence-electron chi connectivity index (χ4n) is 2.57. The minimum atomic E-state index is -0.260. The second-order valence-corrected chi connectivity index (χ2v) is 5.81. The minimum absolute atomic E-state index is 0.0320. The Kier molecular flexibility index (Phi) is 4.13. The number of amides is 1. The highest BCUT2D eigenvalue weighted by molar-refractivity contribution is 6.31. The highest BCUT2D eigenvalue weighted by Crippen LogP contribution is 2.23. The lowest BCUT2D eigenvalue weighted by Gasteiger charge is -2.32. The van der Waals surface area contributed by atoms with Gasteiger partial charge in [-0.05, 0) is 24.6 Å².